The lowest BCUT2D eigenvalue weighted by Crippen LogP contribution is -2.51. The van der Waals surface area contributed by atoms with Crippen molar-refractivity contribution in [1.29, 1.82) is 0 Å². The van der Waals surface area contributed by atoms with Gasteiger partial charge in [-0.2, -0.15) is 0 Å². The number of hydrazine groups is 1. The Labute approximate surface area is 113 Å². The maximum absolute atomic E-state index is 12.7. The Balaban J connectivity index is 2.26. The summed E-state index contributed by atoms with van der Waals surface area (Å²) < 4.78 is 5.62. The van der Waals surface area contributed by atoms with Gasteiger partial charge in [0.2, 0.25) is 0 Å². The van der Waals surface area contributed by atoms with E-state index in [0.717, 1.165) is 6.42 Å². The highest BCUT2D eigenvalue weighted by molar-refractivity contribution is 5.99. The van der Waals surface area contributed by atoms with Gasteiger partial charge in [-0.25, -0.2) is 0 Å². The molecular weight excluding hydrogens is 242 g/mol. The minimum Gasteiger partial charge on any atom is -0.375 e. The molecule has 5 heteroatoms. The summed E-state index contributed by atoms with van der Waals surface area (Å²) in [4.78, 5) is 14.6. The SMILES string of the molecule is CCC1COC(C)CN1C(=O)c1ccccc1NN. The summed E-state index contributed by atoms with van der Waals surface area (Å²) in [7, 11) is 0. The molecule has 1 aliphatic rings. The molecular formula is C14H21N3O2. The van der Waals surface area contributed by atoms with Gasteiger partial charge in [-0.05, 0) is 25.5 Å². The topological polar surface area (TPSA) is 67.6 Å². The molecule has 0 bridgehead atoms. The summed E-state index contributed by atoms with van der Waals surface area (Å²) in [5.74, 6) is 5.48. The van der Waals surface area contributed by atoms with Crippen molar-refractivity contribution in [2.75, 3.05) is 18.6 Å². The number of carbonyl (C=O) groups excluding carboxylic acids is 1. The summed E-state index contributed by atoms with van der Waals surface area (Å²) in [5, 5.41) is 0. The van der Waals surface area contributed by atoms with Crippen LogP contribution < -0.4 is 11.3 Å². The Morgan fingerprint density at radius 2 is 2.26 bits per heavy atom. The number of rotatable bonds is 3. The van der Waals surface area contributed by atoms with Crippen LogP contribution in [0.1, 0.15) is 30.6 Å². The number of hydrogen-bond acceptors (Lipinski definition) is 4. The van der Waals surface area contributed by atoms with Gasteiger partial charge in [-0.15, -0.1) is 0 Å². The first-order valence-electron chi connectivity index (χ1n) is 6.65. The van der Waals surface area contributed by atoms with E-state index in [1.165, 1.54) is 0 Å². The van der Waals surface area contributed by atoms with Crippen molar-refractivity contribution in [3.8, 4) is 0 Å². The molecule has 19 heavy (non-hydrogen) atoms. The van der Waals surface area contributed by atoms with E-state index in [1.54, 1.807) is 12.1 Å². The van der Waals surface area contributed by atoms with Crippen molar-refractivity contribution < 1.29 is 9.53 Å². The number of hydrogen-bond donors (Lipinski definition) is 2. The summed E-state index contributed by atoms with van der Waals surface area (Å²) in [6.07, 6.45) is 0.959. The van der Waals surface area contributed by atoms with E-state index < -0.39 is 0 Å². The summed E-state index contributed by atoms with van der Waals surface area (Å²) in [6.45, 7) is 5.27. The Bertz CT molecular complexity index is 450. The maximum atomic E-state index is 12.7. The van der Waals surface area contributed by atoms with Gasteiger partial charge >= 0.3 is 0 Å². The van der Waals surface area contributed by atoms with E-state index in [0.29, 0.717) is 24.4 Å². The second-order valence-electron chi connectivity index (χ2n) is 4.85. The third-order valence-electron chi connectivity index (χ3n) is 3.51. The first kappa shape index (κ1) is 13.8. The Morgan fingerprint density at radius 1 is 1.53 bits per heavy atom. The molecule has 1 fully saturated rings. The zero-order chi connectivity index (χ0) is 13.8. The first-order chi connectivity index (χ1) is 9.17. The van der Waals surface area contributed by atoms with Gasteiger partial charge < -0.3 is 15.1 Å². The Hall–Kier alpha value is -1.59. The number of anilines is 1. The van der Waals surface area contributed by atoms with Crippen molar-refractivity contribution in [2.45, 2.75) is 32.4 Å². The summed E-state index contributed by atoms with van der Waals surface area (Å²) in [5.41, 5.74) is 3.84. The number of nitrogen functional groups attached to an aromatic ring is 1. The highest BCUT2D eigenvalue weighted by atomic mass is 16.5. The predicted molar refractivity (Wildman–Crippen MR) is 74.8 cm³/mol. The van der Waals surface area contributed by atoms with Gasteiger partial charge in [-0.3, -0.25) is 10.6 Å². The summed E-state index contributed by atoms with van der Waals surface area (Å²) in [6, 6.07) is 7.43. The lowest BCUT2D eigenvalue weighted by Gasteiger charge is -2.38. The average Bonchev–Trinajstić information content (AvgIpc) is 2.46. The second-order valence-corrected chi connectivity index (χ2v) is 4.85. The number of benzene rings is 1. The largest absolute Gasteiger partial charge is 0.375 e. The van der Waals surface area contributed by atoms with Crippen molar-refractivity contribution in [3.05, 3.63) is 29.8 Å². The van der Waals surface area contributed by atoms with Crippen LogP contribution in [0.25, 0.3) is 0 Å². The van der Waals surface area contributed by atoms with E-state index >= 15 is 0 Å². The number of nitrogens with zero attached hydrogens (tertiary/aromatic N) is 1. The Kier molecular flexibility index (Phi) is 4.39. The molecule has 1 amide bonds. The number of amides is 1. The van der Waals surface area contributed by atoms with E-state index in [-0.39, 0.29) is 18.1 Å². The molecule has 2 rings (SSSR count). The summed E-state index contributed by atoms with van der Waals surface area (Å²) >= 11 is 0. The van der Waals surface area contributed by atoms with Crippen LogP contribution in [0.3, 0.4) is 0 Å². The molecule has 0 radical (unpaired) electrons. The molecule has 2 atom stereocenters. The standard InChI is InChI=1S/C14H21N3O2/c1-3-11-9-19-10(2)8-17(11)14(18)12-6-4-5-7-13(12)16-15/h4-7,10-11,16H,3,8-9,15H2,1-2H3. The lowest BCUT2D eigenvalue weighted by molar-refractivity contribution is -0.0443. The highest BCUT2D eigenvalue weighted by Gasteiger charge is 2.30. The third-order valence-corrected chi connectivity index (χ3v) is 3.51. The van der Waals surface area contributed by atoms with Crippen LogP contribution in [-0.2, 0) is 4.74 Å². The van der Waals surface area contributed by atoms with Gasteiger partial charge in [0.25, 0.3) is 5.91 Å². The molecule has 0 saturated carbocycles. The number of ether oxygens (including phenoxy) is 1. The van der Waals surface area contributed by atoms with Crippen molar-refractivity contribution in [3.63, 3.8) is 0 Å². The molecule has 1 aromatic rings. The van der Waals surface area contributed by atoms with E-state index in [1.807, 2.05) is 24.0 Å². The lowest BCUT2D eigenvalue weighted by atomic mass is 10.1. The fourth-order valence-electron chi connectivity index (χ4n) is 2.38. The molecule has 104 valence electrons. The zero-order valence-electron chi connectivity index (χ0n) is 11.4. The average molecular weight is 263 g/mol. The number of nitrogens with two attached hydrogens (primary N) is 1. The van der Waals surface area contributed by atoms with Crippen LogP contribution >= 0.6 is 0 Å². The van der Waals surface area contributed by atoms with Gasteiger partial charge in [-0.1, -0.05) is 19.1 Å². The minimum atomic E-state index is 0.00977. The van der Waals surface area contributed by atoms with Gasteiger partial charge in [0, 0.05) is 6.54 Å². The number of carbonyl (C=O) groups is 1. The Morgan fingerprint density at radius 3 is 2.95 bits per heavy atom. The molecule has 0 aromatic heterocycles. The third kappa shape index (κ3) is 2.88. The number of morpholine rings is 1. The number of nitrogens with one attached hydrogen (secondary N) is 1. The van der Waals surface area contributed by atoms with Crippen LogP contribution in [0.4, 0.5) is 5.69 Å². The van der Waals surface area contributed by atoms with Crippen LogP contribution in [0, 0.1) is 0 Å². The first-order valence-corrected chi connectivity index (χ1v) is 6.65. The van der Waals surface area contributed by atoms with Gasteiger partial charge in [0.15, 0.2) is 0 Å². The number of para-hydroxylation sites is 1. The molecule has 1 aliphatic heterocycles. The minimum absolute atomic E-state index is 0.00977. The quantitative estimate of drug-likeness (QED) is 0.642. The monoisotopic (exact) mass is 263 g/mol. The van der Waals surface area contributed by atoms with Crippen molar-refractivity contribution >= 4 is 11.6 Å². The second kappa shape index (κ2) is 6.04. The fourth-order valence-corrected chi connectivity index (χ4v) is 2.38. The van der Waals surface area contributed by atoms with E-state index in [4.69, 9.17) is 10.6 Å². The molecule has 2 unspecified atom stereocenters. The van der Waals surface area contributed by atoms with Gasteiger partial charge in [0.1, 0.15) is 0 Å². The van der Waals surface area contributed by atoms with E-state index in [9.17, 15) is 4.79 Å². The molecule has 1 heterocycles. The molecule has 1 saturated heterocycles. The van der Waals surface area contributed by atoms with Crippen LogP contribution in [0.5, 0.6) is 0 Å². The van der Waals surface area contributed by atoms with Gasteiger partial charge in [0.05, 0.1) is 30.0 Å². The smallest absolute Gasteiger partial charge is 0.256 e. The van der Waals surface area contributed by atoms with Crippen LogP contribution in [-0.4, -0.2) is 36.1 Å². The molecule has 0 spiro atoms. The molecule has 5 nitrogen and oxygen atoms in total. The molecule has 0 aliphatic carbocycles. The molecule has 3 N–H and O–H groups in total. The maximum Gasteiger partial charge on any atom is 0.256 e. The zero-order valence-corrected chi connectivity index (χ0v) is 11.4. The van der Waals surface area contributed by atoms with Crippen molar-refractivity contribution in [2.24, 2.45) is 5.84 Å². The van der Waals surface area contributed by atoms with Crippen molar-refractivity contribution in [1.82, 2.24) is 4.90 Å². The predicted octanol–water partition coefficient (Wildman–Crippen LogP) is 1.61. The van der Waals surface area contributed by atoms with Crippen LogP contribution in [0.2, 0.25) is 0 Å². The van der Waals surface area contributed by atoms with E-state index in [2.05, 4.69) is 12.3 Å². The fraction of sp³-hybridized carbons (Fsp3) is 0.500. The normalized spacial score (nSPS) is 23.2. The van der Waals surface area contributed by atoms with Crippen LogP contribution in [0.15, 0.2) is 24.3 Å². The highest BCUT2D eigenvalue weighted by Crippen LogP contribution is 2.21. The molecule has 1 aromatic carbocycles.